The molecule has 0 aliphatic rings. The van der Waals surface area contributed by atoms with Crippen LogP contribution in [0.2, 0.25) is 5.02 Å². The first-order valence-electron chi connectivity index (χ1n) is 6.47. The van der Waals surface area contributed by atoms with E-state index in [0.29, 0.717) is 10.8 Å². The topological polar surface area (TPSA) is 49.3 Å². The van der Waals surface area contributed by atoms with E-state index in [1.165, 1.54) is 11.8 Å². The number of amides is 1. The molecule has 0 radical (unpaired) electrons. The van der Waals surface area contributed by atoms with E-state index in [9.17, 15) is 9.90 Å². The molecular formula is C15H22ClNO2S. The van der Waals surface area contributed by atoms with E-state index in [-0.39, 0.29) is 5.91 Å². The fourth-order valence-electron chi connectivity index (χ4n) is 1.43. The number of halogens is 1. The van der Waals surface area contributed by atoms with E-state index in [1.807, 2.05) is 38.1 Å². The Morgan fingerprint density at radius 3 is 2.55 bits per heavy atom. The minimum atomic E-state index is -0.972. The van der Waals surface area contributed by atoms with Crippen LogP contribution < -0.4 is 5.32 Å². The van der Waals surface area contributed by atoms with Gasteiger partial charge in [0.15, 0.2) is 0 Å². The highest BCUT2D eigenvalue weighted by Crippen LogP contribution is 2.21. The second kappa shape index (κ2) is 6.83. The molecule has 0 aliphatic heterocycles. The Bertz CT molecular complexity index is 469. The molecule has 1 amide bonds. The summed E-state index contributed by atoms with van der Waals surface area (Å²) in [6.07, 6.45) is 0. The molecule has 1 aromatic rings. The molecular weight excluding hydrogens is 294 g/mol. The summed E-state index contributed by atoms with van der Waals surface area (Å²) >= 11 is 7.43. The zero-order valence-electron chi connectivity index (χ0n) is 12.4. The van der Waals surface area contributed by atoms with Crippen LogP contribution in [0.5, 0.6) is 0 Å². The first-order valence-corrected chi connectivity index (χ1v) is 8.01. The molecule has 0 aliphatic carbocycles. The maximum Gasteiger partial charge on any atom is 0.230 e. The van der Waals surface area contributed by atoms with Crippen LogP contribution in [-0.2, 0) is 10.5 Å². The molecule has 0 aromatic heterocycles. The summed E-state index contributed by atoms with van der Waals surface area (Å²) in [6.45, 7) is 7.00. The molecule has 5 heteroatoms. The Balaban J connectivity index is 2.41. The number of benzene rings is 1. The molecule has 2 N–H and O–H groups in total. The second-order valence-corrected chi connectivity index (χ2v) is 7.28. The van der Waals surface area contributed by atoms with Crippen LogP contribution >= 0.6 is 23.4 Å². The fraction of sp³-hybridized carbons (Fsp3) is 0.533. The highest BCUT2D eigenvalue weighted by Gasteiger charge is 2.36. The van der Waals surface area contributed by atoms with Crippen LogP contribution in [0.3, 0.4) is 0 Å². The van der Waals surface area contributed by atoms with Gasteiger partial charge in [-0.05, 0) is 45.4 Å². The summed E-state index contributed by atoms with van der Waals surface area (Å²) in [5.41, 5.74) is -0.543. The maximum absolute atomic E-state index is 11.9. The molecule has 1 rings (SSSR count). The van der Waals surface area contributed by atoms with Gasteiger partial charge >= 0.3 is 0 Å². The van der Waals surface area contributed by atoms with Crippen LogP contribution in [0.1, 0.15) is 33.3 Å². The number of hydrogen-bond donors (Lipinski definition) is 2. The quantitative estimate of drug-likeness (QED) is 0.847. The highest BCUT2D eigenvalue weighted by molar-refractivity contribution is 7.99. The standard InChI is InChI=1S/C15H22ClNO2S/c1-14(2,15(3,4)19)17-13(18)10-20-9-11-6-5-7-12(16)8-11/h5-8,19H,9-10H2,1-4H3,(H,17,18). The van der Waals surface area contributed by atoms with Crippen molar-refractivity contribution in [2.24, 2.45) is 0 Å². The molecule has 0 atom stereocenters. The van der Waals surface area contributed by atoms with Crippen LogP contribution in [0, 0.1) is 0 Å². The van der Waals surface area contributed by atoms with Gasteiger partial charge in [0.2, 0.25) is 5.91 Å². The molecule has 1 aromatic carbocycles. The van der Waals surface area contributed by atoms with Crippen molar-refractivity contribution in [3.63, 3.8) is 0 Å². The molecule has 3 nitrogen and oxygen atoms in total. The molecule has 0 fully saturated rings. The summed E-state index contributed by atoms with van der Waals surface area (Å²) in [7, 11) is 0. The minimum absolute atomic E-state index is 0.0795. The number of thioether (sulfide) groups is 1. The number of carbonyl (C=O) groups excluding carboxylic acids is 1. The molecule has 112 valence electrons. The van der Waals surface area contributed by atoms with E-state index < -0.39 is 11.1 Å². The summed E-state index contributed by atoms with van der Waals surface area (Å²) in [5, 5.41) is 13.6. The van der Waals surface area contributed by atoms with Crippen molar-refractivity contribution in [1.82, 2.24) is 5.32 Å². The van der Waals surface area contributed by atoms with E-state index in [2.05, 4.69) is 5.32 Å². The van der Waals surface area contributed by atoms with Crippen LogP contribution in [0.15, 0.2) is 24.3 Å². The van der Waals surface area contributed by atoms with E-state index in [0.717, 1.165) is 11.3 Å². The van der Waals surface area contributed by atoms with Gasteiger partial charge in [0.1, 0.15) is 0 Å². The van der Waals surface area contributed by atoms with Crippen molar-refractivity contribution in [3.05, 3.63) is 34.9 Å². The average Bonchev–Trinajstić information content (AvgIpc) is 2.26. The first kappa shape index (κ1) is 17.3. The van der Waals surface area contributed by atoms with Crippen molar-refractivity contribution >= 4 is 29.3 Å². The third-order valence-electron chi connectivity index (χ3n) is 3.37. The zero-order valence-corrected chi connectivity index (χ0v) is 13.9. The summed E-state index contributed by atoms with van der Waals surface area (Å²) in [4.78, 5) is 11.9. The molecule has 0 saturated heterocycles. The second-order valence-electron chi connectivity index (χ2n) is 5.85. The van der Waals surface area contributed by atoms with E-state index >= 15 is 0 Å². The van der Waals surface area contributed by atoms with Crippen molar-refractivity contribution < 1.29 is 9.90 Å². The Labute approximate surface area is 130 Å². The minimum Gasteiger partial charge on any atom is -0.388 e. The van der Waals surface area contributed by atoms with Gasteiger partial charge in [0.25, 0.3) is 0 Å². The van der Waals surface area contributed by atoms with Gasteiger partial charge < -0.3 is 10.4 Å². The molecule has 0 saturated carbocycles. The molecule has 0 heterocycles. The average molecular weight is 316 g/mol. The lowest BCUT2D eigenvalue weighted by Gasteiger charge is -2.38. The number of nitrogens with one attached hydrogen (secondary N) is 1. The Hall–Kier alpha value is -0.710. The predicted molar refractivity (Wildman–Crippen MR) is 86.1 cm³/mol. The van der Waals surface area contributed by atoms with Gasteiger partial charge in [-0.1, -0.05) is 23.7 Å². The number of carbonyl (C=O) groups is 1. The fourth-order valence-corrected chi connectivity index (χ4v) is 2.41. The van der Waals surface area contributed by atoms with Crippen LogP contribution in [0.4, 0.5) is 0 Å². The molecule has 0 spiro atoms. The van der Waals surface area contributed by atoms with Crippen molar-refractivity contribution in [2.75, 3.05) is 5.75 Å². The Morgan fingerprint density at radius 1 is 1.35 bits per heavy atom. The van der Waals surface area contributed by atoms with E-state index in [4.69, 9.17) is 11.6 Å². The van der Waals surface area contributed by atoms with Crippen molar-refractivity contribution in [2.45, 2.75) is 44.6 Å². The lowest BCUT2D eigenvalue weighted by atomic mass is 9.86. The highest BCUT2D eigenvalue weighted by atomic mass is 35.5. The van der Waals surface area contributed by atoms with Crippen LogP contribution in [0.25, 0.3) is 0 Å². The summed E-state index contributed by atoms with van der Waals surface area (Å²) in [5.74, 6) is 1.01. The van der Waals surface area contributed by atoms with Gasteiger partial charge in [-0.15, -0.1) is 11.8 Å². The number of hydrogen-bond acceptors (Lipinski definition) is 3. The number of aliphatic hydroxyl groups is 1. The lowest BCUT2D eigenvalue weighted by Crippen LogP contribution is -2.58. The maximum atomic E-state index is 11.9. The Kier molecular flexibility index (Phi) is 5.92. The predicted octanol–water partition coefficient (Wildman–Crippen LogP) is 3.24. The van der Waals surface area contributed by atoms with Gasteiger partial charge in [0, 0.05) is 10.8 Å². The SMILES string of the molecule is CC(C)(O)C(C)(C)NC(=O)CSCc1cccc(Cl)c1. The Morgan fingerprint density at radius 2 is 2.00 bits per heavy atom. The lowest BCUT2D eigenvalue weighted by molar-refractivity contribution is -0.123. The van der Waals surface area contributed by atoms with Crippen molar-refractivity contribution in [3.8, 4) is 0 Å². The van der Waals surface area contributed by atoms with E-state index in [1.54, 1.807) is 13.8 Å². The third kappa shape index (κ3) is 5.35. The molecule has 0 bridgehead atoms. The third-order valence-corrected chi connectivity index (χ3v) is 4.61. The van der Waals surface area contributed by atoms with Crippen LogP contribution in [-0.4, -0.2) is 27.9 Å². The van der Waals surface area contributed by atoms with Gasteiger partial charge in [0.05, 0.1) is 16.9 Å². The number of rotatable bonds is 6. The molecule has 0 unspecified atom stereocenters. The molecule has 20 heavy (non-hydrogen) atoms. The summed E-state index contributed by atoms with van der Waals surface area (Å²) < 4.78 is 0. The normalized spacial score (nSPS) is 12.3. The van der Waals surface area contributed by atoms with Gasteiger partial charge in [-0.3, -0.25) is 4.79 Å². The zero-order chi connectivity index (χ0) is 15.4. The smallest absolute Gasteiger partial charge is 0.230 e. The summed E-state index contributed by atoms with van der Waals surface area (Å²) in [6, 6.07) is 7.61. The van der Waals surface area contributed by atoms with Gasteiger partial charge in [-0.2, -0.15) is 0 Å². The van der Waals surface area contributed by atoms with Crippen molar-refractivity contribution in [1.29, 1.82) is 0 Å². The van der Waals surface area contributed by atoms with Gasteiger partial charge in [-0.25, -0.2) is 0 Å². The largest absolute Gasteiger partial charge is 0.388 e. The monoisotopic (exact) mass is 315 g/mol. The first-order chi connectivity index (χ1) is 9.12.